The molecule has 1 aliphatic rings. The van der Waals surface area contributed by atoms with E-state index in [2.05, 4.69) is 5.32 Å². The molecule has 1 unspecified atom stereocenters. The zero-order valence-corrected chi connectivity index (χ0v) is 8.68. The van der Waals surface area contributed by atoms with Gasteiger partial charge in [0.15, 0.2) is 0 Å². The van der Waals surface area contributed by atoms with Crippen LogP contribution in [0.5, 0.6) is 0 Å². The van der Waals surface area contributed by atoms with Crippen molar-refractivity contribution in [2.24, 2.45) is 0 Å². The molecule has 2 rings (SSSR count). The van der Waals surface area contributed by atoms with Crippen LogP contribution in [0.1, 0.15) is 30.9 Å². The summed E-state index contributed by atoms with van der Waals surface area (Å²) in [5.41, 5.74) is 0.875. The number of benzene rings is 1. The topological polar surface area (TPSA) is 72.2 Å². The molecule has 1 fully saturated rings. The van der Waals surface area contributed by atoms with E-state index in [-0.39, 0.29) is 17.6 Å². The normalized spacial score (nSPS) is 20.2. The van der Waals surface area contributed by atoms with E-state index in [0.29, 0.717) is 6.42 Å². The molecule has 0 radical (unpaired) electrons. The number of carbonyl (C=O) groups is 1. The molecule has 0 bridgehead atoms. The first-order chi connectivity index (χ1) is 7.66. The smallest absolute Gasteiger partial charge is 0.269 e. The highest BCUT2D eigenvalue weighted by atomic mass is 16.6. The Hall–Kier alpha value is -1.91. The first kappa shape index (κ1) is 10.6. The van der Waals surface area contributed by atoms with Gasteiger partial charge in [0.05, 0.1) is 11.0 Å². The van der Waals surface area contributed by atoms with Crippen molar-refractivity contribution >= 4 is 11.6 Å². The van der Waals surface area contributed by atoms with Crippen LogP contribution in [0, 0.1) is 10.1 Å². The summed E-state index contributed by atoms with van der Waals surface area (Å²) in [7, 11) is 0. The van der Waals surface area contributed by atoms with Crippen LogP contribution in [0.3, 0.4) is 0 Å². The van der Waals surface area contributed by atoms with E-state index in [9.17, 15) is 14.9 Å². The number of nitrogens with one attached hydrogen (secondary N) is 1. The molecular weight excluding hydrogens is 208 g/mol. The van der Waals surface area contributed by atoms with Gasteiger partial charge in [-0.2, -0.15) is 0 Å². The van der Waals surface area contributed by atoms with Crippen molar-refractivity contribution in [2.45, 2.75) is 25.3 Å². The molecular formula is C11H12N2O3. The lowest BCUT2D eigenvalue weighted by molar-refractivity contribution is -0.384. The van der Waals surface area contributed by atoms with Gasteiger partial charge in [-0.3, -0.25) is 14.9 Å². The standard InChI is InChI=1S/C11H12N2O3/c14-11-6-2-5-10(12-11)8-3-1-4-9(7-8)13(15)16/h1,3-4,7,10H,2,5-6H2,(H,12,14). The fourth-order valence-electron chi connectivity index (χ4n) is 1.91. The lowest BCUT2D eigenvalue weighted by atomic mass is 9.97. The third-order valence-electron chi connectivity index (χ3n) is 2.72. The zero-order valence-electron chi connectivity index (χ0n) is 8.68. The highest BCUT2D eigenvalue weighted by Crippen LogP contribution is 2.25. The van der Waals surface area contributed by atoms with Gasteiger partial charge in [-0.15, -0.1) is 0 Å². The molecule has 0 saturated carbocycles. The second kappa shape index (κ2) is 4.30. The summed E-state index contributed by atoms with van der Waals surface area (Å²) in [5.74, 6) is 0.0164. The van der Waals surface area contributed by atoms with Crippen LogP contribution in [-0.4, -0.2) is 10.8 Å². The SMILES string of the molecule is O=C1CCCC(c2cccc([N+](=O)[O-])c2)N1. The van der Waals surface area contributed by atoms with Crippen LogP contribution in [0.4, 0.5) is 5.69 Å². The van der Waals surface area contributed by atoms with Crippen LogP contribution in [-0.2, 0) is 4.79 Å². The van der Waals surface area contributed by atoms with Gasteiger partial charge >= 0.3 is 0 Å². The molecule has 0 spiro atoms. The number of hydrogen-bond acceptors (Lipinski definition) is 3. The van der Waals surface area contributed by atoms with E-state index >= 15 is 0 Å². The van der Waals surface area contributed by atoms with Crippen molar-refractivity contribution in [2.75, 3.05) is 0 Å². The van der Waals surface area contributed by atoms with E-state index in [1.165, 1.54) is 12.1 Å². The highest BCUT2D eigenvalue weighted by molar-refractivity contribution is 5.77. The molecule has 1 atom stereocenters. The molecule has 0 aromatic heterocycles. The first-order valence-corrected chi connectivity index (χ1v) is 5.20. The summed E-state index contributed by atoms with van der Waals surface area (Å²) >= 11 is 0. The summed E-state index contributed by atoms with van der Waals surface area (Å²) in [4.78, 5) is 21.4. The molecule has 16 heavy (non-hydrogen) atoms. The van der Waals surface area contributed by atoms with Crippen molar-refractivity contribution in [3.05, 3.63) is 39.9 Å². The molecule has 1 N–H and O–H groups in total. The minimum Gasteiger partial charge on any atom is -0.349 e. The number of hydrogen-bond donors (Lipinski definition) is 1. The predicted octanol–water partition coefficient (Wildman–Crippen LogP) is 1.94. The Labute approximate surface area is 92.6 Å². The second-order valence-electron chi connectivity index (χ2n) is 3.86. The number of nitro benzene ring substituents is 1. The van der Waals surface area contributed by atoms with Gasteiger partial charge < -0.3 is 5.32 Å². The Morgan fingerprint density at radius 2 is 2.25 bits per heavy atom. The van der Waals surface area contributed by atoms with E-state index in [0.717, 1.165) is 18.4 Å². The number of piperidine rings is 1. The fourth-order valence-corrected chi connectivity index (χ4v) is 1.91. The molecule has 1 aliphatic heterocycles. The minimum absolute atomic E-state index is 0.0164. The van der Waals surface area contributed by atoms with E-state index in [4.69, 9.17) is 0 Å². The maximum atomic E-state index is 11.2. The Kier molecular flexibility index (Phi) is 2.85. The Morgan fingerprint density at radius 1 is 1.44 bits per heavy atom. The molecule has 1 aromatic carbocycles. The van der Waals surface area contributed by atoms with Gasteiger partial charge in [-0.1, -0.05) is 12.1 Å². The molecule has 5 nitrogen and oxygen atoms in total. The second-order valence-corrected chi connectivity index (χ2v) is 3.86. The Balaban J connectivity index is 2.22. The van der Waals surface area contributed by atoms with E-state index < -0.39 is 4.92 Å². The Bertz CT molecular complexity index is 431. The first-order valence-electron chi connectivity index (χ1n) is 5.20. The molecule has 1 heterocycles. The van der Waals surface area contributed by atoms with E-state index in [1.807, 2.05) is 6.07 Å². The van der Waals surface area contributed by atoms with Crippen molar-refractivity contribution in [1.29, 1.82) is 0 Å². The van der Waals surface area contributed by atoms with Gasteiger partial charge in [0.1, 0.15) is 0 Å². The summed E-state index contributed by atoms with van der Waals surface area (Å²) in [6, 6.07) is 6.35. The van der Waals surface area contributed by atoms with Gasteiger partial charge in [0, 0.05) is 18.6 Å². The maximum Gasteiger partial charge on any atom is 0.269 e. The number of rotatable bonds is 2. The number of nitro groups is 1. The maximum absolute atomic E-state index is 11.2. The van der Waals surface area contributed by atoms with Crippen molar-refractivity contribution < 1.29 is 9.72 Å². The molecule has 1 aromatic rings. The third-order valence-corrected chi connectivity index (χ3v) is 2.72. The van der Waals surface area contributed by atoms with Gasteiger partial charge in [0.2, 0.25) is 5.91 Å². The predicted molar refractivity (Wildman–Crippen MR) is 57.8 cm³/mol. The molecule has 84 valence electrons. The third kappa shape index (κ3) is 2.18. The molecule has 0 aliphatic carbocycles. The summed E-state index contributed by atoms with van der Waals surface area (Å²) in [6.07, 6.45) is 2.22. The number of nitrogens with zero attached hydrogens (tertiary/aromatic N) is 1. The average Bonchev–Trinajstić information content (AvgIpc) is 2.29. The lowest BCUT2D eigenvalue weighted by Crippen LogP contribution is -2.32. The van der Waals surface area contributed by atoms with Gasteiger partial charge in [-0.25, -0.2) is 0 Å². The van der Waals surface area contributed by atoms with Crippen LogP contribution in [0.15, 0.2) is 24.3 Å². The quantitative estimate of drug-likeness (QED) is 0.611. The summed E-state index contributed by atoms with van der Waals surface area (Å²) in [5, 5.41) is 13.5. The molecule has 5 heteroatoms. The van der Waals surface area contributed by atoms with Crippen LogP contribution < -0.4 is 5.32 Å². The number of amides is 1. The van der Waals surface area contributed by atoms with Crippen molar-refractivity contribution in [1.82, 2.24) is 5.32 Å². The summed E-state index contributed by atoms with van der Waals surface area (Å²) in [6.45, 7) is 0. The van der Waals surface area contributed by atoms with Crippen molar-refractivity contribution in [3.8, 4) is 0 Å². The molecule has 1 saturated heterocycles. The largest absolute Gasteiger partial charge is 0.349 e. The van der Waals surface area contributed by atoms with Gasteiger partial charge in [-0.05, 0) is 18.4 Å². The van der Waals surface area contributed by atoms with Crippen LogP contribution >= 0.6 is 0 Å². The fraction of sp³-hybridized carbons (Fsp3) is 0.364. The number of non-ortho nitro benzene ring substituents is 1. The Morgan fingerprint density at radius 3 is 2.94 bits per heavy atom. The minimum atomic E-state index is -0.422. The molecule has 1 amide bonds. The lowest BCUT2D eigenvalue weighted by Gasteiger charge is -2.23. The van der Waals surface area contributed by atoms with Crippen LogP contribution in [0.25, 0.3) is 0 Å². The zero-order chi connectivity index (χ0) is 11.5. The van der Waals surface area contributed by atoms with E-state index in [1.54, 1.807) is 6.07 Å². The monoisotopic (exact) mass is 220 g/mol. The van der Waals surface area contributed by atoms with Crippen LogP contribution in [0.2, 0.25) is 0 Å². The summed E-state index contributed by atoms with van der Waals surface area (Å²) < 4.78 is 0. The van der Waals surface area contributed by atoms with Gasteiger partial charge in [0.25, 0.3) is 5.69 Å². The average molecular weight is 220 g/mol. The van der Waals surface area contributed by atoms with Crippen molar-refractivity contribution in [3.63, 3.8) is 0 Å². The highest BCUT2D eigenvalue weighted by Gasteiger charge is 2.20. The number of carbonyl (C=O) groups excluding carboxylic acids is 1.